The number of nitro groups is 1. The Balaban J connectivity index is 1.89. The first kappa shape index (κ1) is 22.0. The minimum Gasteiger partial charge on any atom is -0.478 e. The van der Waals surface area contributed by atoms with E-state index >= 15 is 0 Å². The fourth-order valence-corrected chi connectivity index (χ4v) is 2.88. The van der Waals surface area contributed by atoms with Gasteiger partial charge in [0, 0.05) is 17.2 Å². The van der Waals surface area contributed by atoms with E-state index in [1.165, 1.54) is 30.3 Å². The van der Waals surface area contributed by atoms with Gasteiger partial charge in [0.1, 0.15) is 5.75 Å². The molecule has 1 amide bonds. The smallest absolute Gasteiger partial charge is 0.336 e. The topological polar surface area (TPSA) is 156 Å². The molecule has 3 N–H and O–H groups in total. The first-order chi connectivity index (χ1) is 15.2. The number of nitro benzene ring substituents is 1. The largest absolute Gasteiger partial charge is 0.478 e. The van der Waals surface area contributed by atoms with Crippen LogP contribution >= 0.6 is 0 Å². The first-order valence-corrected chi connectivity index (χ1v) is 9.11. The number of carboxylic acid groups (broad SMARTS) is 2. The highest BCUT2D eigenvalue weighted by molar-refractivity contribution is 6.05. The summed E-state index contributed by atoms with van der Waals surface area (Å²) in [6, 6.07) is 13.8. The molecule has 0 fully saturated rings. The number of carboxylic acids is 2. The summed E-state index contributed by atoms with van der Waals surface area (Å²) in [5.41, 5.74) is -0.344. The summed E-state index contributed by atoms with van der Waals surface area (Å²) in [6.45, 7) is 1.56. The van der Waals surface area contributed by atoms with E-state index in [4.69, 9.17) is 9.84 Å². The van der Waals surface area contributed by atoms with E-state index in [1.54, 1.807) is 19.1 Å². The zero-order chi connectivity index (χ0) is 23.4. The molecule has 0 atom stereocenters. The highest BCUT2D eigenvalue weighted by Gasteiger charge is 2.19. The van der Waals surface area contributed by atoms with Gasteiger partial charge in [-0.05, 0) is 43.3 Å². The van der Waals surface area contributed by atoms with Gasteiger partial charge in [-0.1, -0.05) is 18.2 Å². The zero-order valence-corrected chi connectivity index (χ0v) is 16.6. The molecule has 32 heavy (non-hydrogen) atoms. The van der Waals surface area contributed by atoms with E-state index in [9.17, 15) is 29.6 Å². The Labute approximate surface area is 180 Å². The zero-order valence-electron chi connectivity index (χ0n) is 16.6. The number of carbonyl (C=O) groups is 3. The number of para-hydroxylation sites is 2. The molecule has 0 saturated carbocycles. The molecule has 0 unspecified atom stereocenters. The van der Waals surface area contributed by atoms with Crippen molar-refractivity contribution in [3.05, 3.63) is 93.0 Å². The molecule has 0 bridgehead atoms. The monoisotopic (exact) mass is 436 g/mol. The molecule has 0 aliphatic heterocycles. The van der Waals surface area contributed by atoms with Gasteiger partial charge in [-0.15, -0.1) is 0 Å². The summed E-state index contributed by atoms with van der Waals surface area (Å²) >= 11 is 0. The number of aryl methyl sites for hydroxylation is 1. The summed E-state index contributed by atoms with van der Waals surface area (Å²) < 4.78 is 5.67. The second-order valence-corrected chi connectivity index (χ2v) is 6.63. The third kappa shape index (κ3) is 4.70. The van der Waals surface area contributed by atoms with Crippen LogP contribution in [0, 0.1) is 17.0 Å². The lowest BCUT2D eigenvalue weighted by molar-refractivity contribution is -0.385. The van der Waals surface area contributed by atoms with Crippen molar-refractivity contribution in [2.24, 2.45) is 0 Å². The SMILES string of the molecule is Cc1ccc(C(=O)Nc2ccccc2Oc2ccc(C(=O)O)c(C(=O)O)c2)cc1[N+](=O)[O-]. The van der Waals surface area contributed by atoms with Crippen LogP contribution in [0.5, 0.6) is 11.5 Å². The van der Waals surface area contributed by atoms with E-state index < -0.39 is 33.9 Å². The average molecular weight is 436 g/mol. The molecule has 10 nitrogen and oxygen atoms in total. The Hall–Kier alpha value is -4.73. The molecule has 0 saturated heterocycles. The normalized spacial score (nSPS) is 10.3. The van der Waals surface area contributed by atoms with Crippen LogP contribution in [0.15, 0.2) is 60.7 Å². The van der Waals surface area contributed by atoms with Gasteiger partial charge in [0.05, 0.1) is 21.7 Å². The lowest BCUT2D eigenvalue weighted by Crippen LogP contribution is -2.13. The van der Waals surface area contributed by atoms with Crippen LogP contribution in [0.1, 0.15) is 36.6 Å². The molecule has 0 heterocycles. The number of ether oxygens (including phenoxy) is 1. The average Bonchev–Trinajstić information content (AvgIpc) is 2.74. The van der Waals surface area contributed by atoms with Gasteiger partial charge in [0.25, 0.3) is 11.6 Å². The number of carbonyl (C=O) groups excluding carboxylic acids is 1. The lowest BCUT2D eigenvalue weighted by Gasteiger charge is -2.13. The Morgan fingerprint density at radius 2 is 1.62 bits per heavy atom. The van der Waals surface area contributed by atoms with Crippen LogP contribution in [0.4, 0.5) is 11.4 Å². The molecular formula is C22H16N2O8. The van der Waals surface area contributed by atoms with Crippen molar-refractivity contribution in [3.63, 3.8) is 0 Å². The van der Waals surface area contributed by atoms with Crippen LogP contribution in [-0.4, -0.2) is 33.0 Å². The van der Waals surface area contributed by atoms with Crippen LogP contribution < -0.4 is 10.1 Å². The van der Waals surface area contributed by atoms with Gasteiger partial charge in [0.15, 0.2) is 5.75 Å². The quantitative estimate of drug-likeness (QED) is 0.365. The van der Waals surface area contributed by atoms with E-state index in [0.717, 1.165) is 18.2 Å². The molecule has 3 rings (SSSR count). The Morgan fingerprint density at radius 3 is 2.28 bits per heavy atom. The maximum Gasteiger partial charge on any atom is 0.336 e. The predicted molar refractivity (Wildman–Crippen MR) is 113 cm³/mol. The summed E-state index contributed by atoms with van der Waals surface area (Å²) in [7, 11) is 0. The highest BCUT2D eigenvalue weighted by Crippen LogP contribution is 2.31. The fraction of sp³-hybridized carbons (Fsp3) is 0.0455. The Bertz CT molecular complexity index is 1250. The number of aromatic carboxylic acids is 2. The van der Waals surface area contributed by atoms with Crippen molar-refractivity contribution in [1.29, 1.82) is 0 Å². The minimum atomic E-state index is -1.43. The van der Waals surface area contributed by atoms with Gasteiger partial charge < -0.3 is 20.3 Å². The second kappa shape index (κ2) is 8.96. The molecule has 0 aliphatic carbocycles. The van der Waals surface area contributed by atoms with Crippen molar-refractivity contribution in [2.75, 3.05) is 5.32 Å². The van der Waals surface area contributed by atoms with Gasteiger partial charge in [-0.25, -0.2) is 9.59 Å². The van der Waals surface area contributed by atoms with Crippen molar-refractivity contribution in [2.45, 2.75) is 6.92 Å². The predicted octanol–water partition coefficient (Wildman–Crippen LogP) is 4.34. The fourth-order valence-electron chi connectivity index (χ4n) is 2.88. The number of nitrogens with one attached hydrogen (secondary N) is 1. The van der Waals surface area contributed by atoms with Gasteiger partial charge >= 0.3 is 11.9 Å². The third-order valence-corrected chi connectivity index (χ3v) is 4.48. The summed E-state index contributed by atoms with van der Waals surface area (Å²) in [5.74, 6) is -3.25. The summed E-state index contributed by atoms with van der Waals surface area (Å²) in [5, 5.41) is 32.1. The van der Waals surface area contributed by atoms with Crippen LogP contribution in [0.2, 0.25) is 0 Å². The second-order valence-electron chi connectivity index (χ2n) is 6.63. The van der Waals surface area contributed by atoms with Crippen LogP contribution in [0.25, 0.3) is 0 Å². The van der Waals surface area contributed by atoms with Gasteiger partial charge in [-0.2, -0.15) is 0 Å². The maximum absolute atomic E-state index is 12.6. The van der Waals surface area contributed by atoms with E-state index in [0.29, 0.717) is 5.56 Å². The lowest BCUT2D eigenvalue weighted by atomic mass is 10.1. The number of hydrogen-bond acceptors (Lipinski definition) is 6. The number of nitrogens with zero attached hydrogens (tertiary/aromatic N) is 1. The summed E-state index contributed by atoms with van der Waals surface area (Å²) in [6.07, 6.45) is 0. The van der Waals surface area contributed by atoms with Gasteiger partial charge in [0.2, 0.25) is 0 Å². The van der Waals surface area contributed by atoms with Crippen LogP contribution in [0.3, 0.4) is 0 Å². The van der Waals surface area contributed by atoms with Crippen molar-refractivity contribution < 1.29 is 34.3 Å². The summed E-state index contributed by atoms with van der Waals surface area (Å²) in [4.78, 5) is 45.8. The number of rotatable bonds is 7. The Morgan fingerprint density at radius 1 is 0.938 bits per heavy atom. The molecule has 0 aromatic heterocycles. The molecule has 3 aromatic carbocycles. The van der Waals surface area contributed by atoms with E-state index in [2.05, 4.69) is 5.32 Å². The molecule has 3 aromatic rings. The Kier molecular flexibility index (Phi) is 6.15. The molecule has 0 spiro atoms. The van der Waals surface area contributed by atoms with Crippen molar-refractivity contribution in [3.8, 4) is 11.5 Å². The van der Waals surface area contributed by atoms with Crippen molar-refractivity contribution in [1.82, 2.24) is 0 Å². The molecule has 0 aliphatic rings. The van der Waals surface area contributed by atoms with Crippen molar-refractivity contribution >= 4 is 29.2 Å². The number of anilines is 1. The molecule has 10 heteroatoms. The number of benzene rings is 3. The first-order valence-electron chi connectivity index (χ1n) is 9.11. The van der Waals surface area contributed by atoms with E-state index in [-0.39, 0.29) is 28.4 Å². The maximum atomic E-state index is 12.6. The molecule has 162 valence electrons. The minimum absolute atomic E-state index is 0.0417. The number of amides is 1. The van der Waals surface area contributed by atoms with E-state index in [1.807, 2.05) is 0 Å². The van der Waals surface area contributed by atoms with Gasteiger partial charge in [-0.3, -0.25) is 14.9 Å². The third-order valence-electron chi connectivity index (χ3n) is 4.48. The molecular weight excluding hydrogens is 420 g/mol. The standard InChI is InChI=1S/C22H16N2O8/c1-12-6-7-13(10-18(12)24(30)31)20(25)23-17-4-2-3-5-19(17)32-14-8-9-15(21(26)27)16(11-14)22(28)29/h2-11H,1H3,(H,23,25)(H,26,27)(H,28,29). The van der Waals surface area contributed by atoms with Crippen LogP contribution in [-0.2, 0) is 0 Å². The highest BCUT2D eigenvalue weighted by atomic mass is 16.6. The molecule has 0 radical (unpaired) electrons. The number of hydrogen-bond donors (Lipinski definition) is 3.